The van der Waals surface area contributed by atoms with Gasteiger partial charge in [0.1, 0.15) is 4.21 Å². The van der Waals surface area contributed by atoms with Gasteiger partial charge in [0.05, 0.1) is 3.79 Å². The zero-order chi connectivity index (χ0) is 18.0. The average molecular weight is 449 g/mol. The third-order valence-electron chi connectivity index (χ3n) is 5.46. The van der Waals surface area contributed by atoms with Gasteiger partial charge in [-0.2, -0.15) is 4.31 Å². The number of nitrogens with zero attached hydrogens (tertiary/aromatic N) is 1. The minimum Gasteiger partial charge on any atom is -0.353 e. The lowest BCUT2D eigenvalue weighted by atomic mass is 9.85. The zero-order valence-corrected chi connectivity index (χ0v) is 17.6. The molecule has 0 unspecified atom stereocenters. The first kappa shape index (κ1) is 19.3. The molecule has 25 heavy (non-hydrogen) atoms. The van der Waals surface area contributed by atoms with Crippen LogP contribution < -0.4 is 5.32 Å². The maximum Gasteiger partial charge on any atom is 0.252 e. The number of carbonyl (C=O) groups is 1. The van der Waals surface area contributed by atoms with Crippen LogP contribution >= 0.6 is 27.3 Å². The molecular weight excluding hydrogens is 424 g/mol. The number of hydrogen-bond donors (Lipinski definition) is 1. The van der Waals surface area contributed by atoms with Crippen molar-refractivity contribution >= 4 is 43.2 Å². The molecule has 2 aliphatic rings. The van der Waals surface area contributed by atoms with Crippen LogP contribution in [0.5, 0.6) is 0 Å². The lowest BCUT2D eigenvalue weighted by molar-refractivity contribution is -0.127. The van der Waals surface area contributed by atoms with E-state index in [1.807, 2.05) is 6.92 Å². The first-order chi connectivity index (χ1) is 11.9. The molecule has 1 saturated heterocycles. The van der Waals surface area contributed by atoms with E-state index in [1.165, 1.54) is 24.2 Å². The van der Waals surface area contributed by atoms with E-state index in [0.29, 0.717) is 23.3 Å². The normalized spacial score (nSPS) is 22.2. The fourth-order valence-corrected chi connectivity index (χ4v) is 7.43. The van der Waals surface area contributed by atoms with Gasteiger partial charge in [-0.3, -0.25) is 4.79 Å². The monoisotopic (exact) mass is 448 g/mol. The Labute approximate surface area is 162 Å². The molecule has 1 atom stereocenters. The zero-order valence-electron chi connectivity index (χ0n) is 14.4. The molecule has 0 radical (unpaired) electrons. The second-order valence-electron chi connectivity index (χ2n) is 7.08. The molecule has 0 bridgehead atoms. The number of carbonyl (C=O) groups excluding carboxylic acids is 1. The van der Waals surface area contributed by atoms with Crippen molar-refractivity contribution in [3.63, 3.8) is 0 Å². The fourth-order valence-electron chi connectivity index (χ4n) is 3.80. The molecule has 3 rings (SSSR count). The Morgan fingerprint density at radius 3 is 2.44 bits per heavy atom. The van der Waals surface area contributed by atoms with Gasteiger partial charge in [0.25, 0.3) is 10.0 Å². The molecular formula is C17H25BrN2O3S2. The minimum atomic E-state index is -3.41. The molecule has 2 heterocycles. The third-order valence-corrected chi connectivity index (χ3v) is 9.45. The number of hydrogen-bond acceptors (Lipinski definition) is 4. The lowest BCUT2D eigenvalue weighted by Crippen LogP contribution is -2.44. The highest BCUT2D eigenvalue weighted by Gasteiger charge is 2.34. The van der Waals surface area contributed by atoms with Gasteiger partial charge in [0.2, 0.25) is 5.91 Å². The van der Waals surface area contributed by atoms with Crippen molar-refractivity contribution in [1.29, 1.82) is 0 Å². The van der Waals surface area contributed by atoms with Crippen molar-refractivity contribution in [3.05, 3.63) is 15.9 Å². The van der Waals surface area contributed by atoms with E-state index in [9.17, 15) is 13.2 Å². The van der Waals surface area contributed by atoms with E-state index in [4.69, 9.17) is 0 Å². The molecule has 5 nitrogen and oxygen atoms in total. The Bertz CT molecular complexity index is 705. The summed E-state index contributed by atoms with van der Waals surface area (Å²) in [6.45, 7) is 2.96. The Balaban J connectivity index is 1.55. The number of halogens is 1. The smallest absolute Gasteiger partial charge is 0.252 e. The minimum absolute atomic E-state index is 0.0543. The highest BCUT2D eigenvalue weighted by Crippen LogP contribution is 2.32. The number of sulfonamides is 1. The number of nitrogens with one attached hydrogen (secondary N) is 1. The SMILES string of the molecule is C[C@H](C(=O)NC1CCCC1)C1CCN(S(=O)(=O)c2ccc(Br)s2)CC1. The standard InChI is InChI=1S/C17H25BrN2O3S2/c1-12(17(21)19-14-4-2-3-5-14)13-8-10-20(11-9-13)25(22,23)16-7-6-15(18)24-16/h6-7,12-14H,2-5,8-11H2,1H3,(H,19,21)/t12-/m0/s1. The summed E-state index contributed by atoms with van der Waals surface area (Å²) in [4.78, 5) is 12.5. The maximum absolute atomic E-state index is 12.7. The van der Waals surface area contributed by atoms with Gasteiger partial charge in [-0.05, 0) is 59.7 Å². The fraction of sp³-hybridized carbons (Fsp3) is 0.706. The summed E-state index contributed by atoms with van der Waals surface area (Å²) in [6.07, 6.45) is 6.07. The van der Waals surface area contributed by atoms with Gasteiger partial charge in [-0.15, -0.1) is 11.3 Å². The van der Waals surface area contributed by atoms with Crippen LogP contribution in [0, 0.1) is 11.8 Å². The molecule has 1 aromatic rings. The van der Waals surface area contributed by atoms with Crippen LogP contribution in [-0.2, 0) is 14.8 Å². The van der Waals surface area contributed by atoms with E-state index in [1.54, 1.807) is 16.4 Å². The summed E-state index contributed by atoms with van der Waals surface area (Å²) in [7, 11) is -3.41. The summed E-state index contributed by atoms with van der Waals surface area (Å²) in [6, 6.07) is 3.75. The predicted molar refractivity (Wildman–Crippen MR) is 103 cm³/mol. The van der Waals surface area contributed by atoms with Crippen LogP contribution in [0.4, 0.5) is 0 Å². The number of piperidine rings is 1. The largest absolute Gasteiger partial charge is 0.353 e. The van der Waals surface area contributed by atoms with Crippen LogP contribution in [0.1, 0.15) is 45.4 Å². The molecule has 0 aromatic carbocycles. The van der Waals surface area contributed by atoms with Gasteiger partial charge in [0.15, 0.2) is 0 Å². The van der Waals surface area contributed by atoms with Gasteiger partial charge >= 0.3 is 0 Å². The summed E-state index contributed by atoms with van der Waals surface area (Å²) in [5.41, 5.74) is 0. The highest BCUT2D eigenvalue weighted by molar-refractivity contribution is 9.11. The van der Waals surface area contributed by atoms with Gasteiger partial charge < -0.3 is 5.32 Å². The van der Waals surface area contributed by atoms with Crippen molar-refractivity contribution in [2.24, 2.45) is 11.8 Å². The van der Waals surface area contributed by atoms with Crippen molar-refractivity contribution in [2.45, 2.75) is 55.7 Å². The summed E-state index contributed by atoms with van der Waals surface area (Å²) in [5.74, 6) is 0.333. The maximum atomic E-state index is 12.7. The Kier molecular flexibility index (Phi) is 6.23. The van der Waals surface area contributed by atoms with Crippen molar-refractivity contribution in [2.75, 3.05) is 13.1 Å². The predicted octanol–water partition coefficient (Wildman–Crippen LogP) is 3.61. The molecule has 1 amide bonds. The second kappa shape index (κ2) is 8.06. The summed E-state index contributed by atoms with van der Waals surface area (Å²) in [5, 5.41) is 3.17. The van der Waals surface area contributed by atoms with Crippen molar-refractivity contribution in [3.8, 4) is 0 Å². The molecule has 140 valence electrons. The Morgan fingerprint density at radius 2 is 1.88 bits per heavy atom. The second-order valence-corrected chi connectivity index (χ2v) is 11.7. The van der Waals surface area contributed by atoms with Crippen LogP contribution in [0.3, 0.4) is 0 Å². The molecule has 1 saturated carbocycles. The molecule has 1 aliphatic carbocycles. The number of amides is 1. The molecule has 1 aliphatic heterocycles. The third kappa shape index (κ3) is 4.46. The van der Waals surface area contributed by atoms with Crippen LogP contribution in [0.15, 0.2) is 20.1 Å². The average Bonchev–Trinajstić information content (AvgIpc) is 3.26. The van der Waals surface area contributed by atoms with E-state index < -0.39 is 10.0 Å². The molecule has 1 N–H and O–H groups in total. The Morgan fingerprint density at radius 1 is 1.24 bits per heavy atom. The summed E-state index contributed by atoms with van der Waals surface area (Å²) < 4.78 is 28.1. The van der Waals surface area contributed by atoms with E-state index >= 15 is 0 Å². The van der Waals surface area contributed by atoms with Gasteiger partial charge in [-0.1, -0.05) is 19.8 Å². The van der Waals surface area contributed by atoms with Crippen molar-refractivity contribution < 1.29 is 13.2 Å². The number of rotatable bonds is 5. The van der Waals surface area contributed by atoms with Gasteiger partial charge in [-0.25, -0.2) is 8.42 Å². The van der Waals surface area contributed by atoms with Crippen molar-refractivity contribution in [1.82, 2.24) is 9.62 Å². The van der Waals surface area contributed by atoms with Gasteiger partial charge in [0, 0.05) is 25.0 Å². The molecule has 1 aromatic heterocycles. The quantitative estimate of drug-likeness (QED) is 0.747. The number of thiophene rings is 1. The van der Waals surface area contributed by atoms with Crippen LogP contribution in [0.25, 0.3) is 0 Å². The summed E-state index contributed by atoms with van der Waals surface area (Å²) >= 11 is 4.56. The van der Waals surface area contributed by atoms with Crippen LogP contribution in [0.2, 0.25) is 0 Å². The first-order valence-electron chi connectivity index (χ1n) is 8.94. The van der Waals surface area contributed by atoms with E-state index in [2.05, 4.69) is 21.2 Å². The van der Waals surface area contributed by atoms with E-state index in [-0.39, 0.29) is 17.7 Å². The van der Waals surface area contributed by atoms with Crippen LogP contribution in [-0.4, -0.2) is 37.8 Å². The highest BCUT2D eigenvalue weighted by atomic mass is 79.9. The molecule has 8 heteroatoms. The lowest BCUT2D eigenvalue weighted by Gasteiger charge is -2.33. The van der Waals surface area contributed by atoms with E-state index in [0.717, 1.165) is 29.5 Å². The molecule has 0 spiro atoms. The topological polar surface area (TPSA) is 66.5 Å². The Hall–Kier alpha value is -0.440. The molecule has 2 fully saturated rings. The first-order valence-corrected chi connectivity index (χ1v) is 12.0.